The van der Waals surface area contributed by atoms with Gasteiger partial charge in [-0.25, -0.2) is 14.8 Å². The lowest BCUT2D eigenvalue weighted by atomic mass is 10.0. The van der Waals surface area contributed by atoms with E-state index in [1.165, 1.54) is 19.9 Å². The van der Waals surface area contributed by atoms with E-state index in [9.17, 15) is 9.59 Å². The van der Waals surface area contributed by atoms with Crippen molar-refractivity contribution in [2.24, 2.45) is 5.92 Å². The average Bonchev–Trinajstić information content (AvgIpc) is 2.67. The lowest BCUT2D eigenvalue weighted by molar-refractivity contribution is 0.0600. The van der Waals surface area contributed by atoms with Crippen molar-refractivity contribution < 1.29 is 14.3 Å². The van der Waals surface area contributed by atoms with Crippen LogP contribution < -0.4 is 10.2 Å². The third-order valence-corrected chi connectivity index (χ3v) is 4.41. The largest absolute Gasteiger partial charge is 0.465 e. The summed E-state index contributed by atoms with van der Waals surface area (Å²) >= 11 is 0. The molecule has 1 aliphatic heterocycles. The normalized spacial score (nSPS) is 16.8. The van der Waals surface area contributed by atoms with Gasteiger partial charge in [-0.1, -0.05) is 13.0 Å². The number of hydrogen-bond donors (Lipinski definition) is 1. The molecule has 7 heteroatoms. The fourth-order valence-corrected chi connectivity index (χ4v) is 3.08. The van der Waals surface area contributed by atoms with Crippen molar-refractivity contribution in [3.63, 3.8) is 0 Å². The van der Waals surface area contributed by atoms with Gasteiger partial charge in [0.05, 0.1) is 12.7 Å². The molecule has 136 valence electrons. The van der Waals surface area contributed by atoms with Gasteiger partial charge in [-0.3, -0.25) is 4.79 Å². The third kappa shape index (κ3) is 4.17. The van der Waals surface area contributed by atoms with E-state index in [0.717, 1.165) is 25.3 Å². The van der Waals surface area contributed by atoms with Crippen molar-refractivity contribution in [1.29, 1.82) is 0 Å². The third-order valence-electron chi connectivity index (χ3n) is 4.41. The summed E-state index contributed by atoms with van der Waals surface area (Å²) in [6, 6.07) is 8.29. The molecule has 0 radical (unpaired) electrons. The molecule has 1 fully saturated rings. The molecule has 2 aromatic rings. The number of carbonyl (C=O) groups excluding carboxylic acids is 2. The molecule has 1 amide bonds. The second-order valence-corrected chi connectivity index (χ2v) is 6.48. The number of ether oxygens (including phenoxy) is 1. The van der Waals surface area contributed by atoms with Gasteiger partial charge in [0.2, 0.25) is 0 Å². The Morgan fingerprint density at radius 3 is 2.88 bits per heavy atom. The van der Waals surface area contributed by atoms with Crippen molar-refractivity contribution in [1.82, 2.24) is 9.97 Å². The summed E-state index contributed by atoms with van der Waals surface area (Å²) < 4.78 is 4.69. The van der Waals surface area contributed by atoms with Crippen LogP contribution in [0.2, 0.25) is 0 Å². The number of rotatable bonds is 4. The molecule has 1 atom stereocenters. The molecule has 0 spiro atoms. The molecule has 7 nitrogen and oxygen atoms in total. The van der Waals surface area contributed by atoms with Crippen molar-refractivity contribution in [3.8, 4) is 0 Å². The van der Waals surface area contributed by atoms with Gasteiger partial charge < -0.3 is 15.0 Å². The molecule has 3 rings (SSSR count). The second-order valence-electron chi connectivity index (χ2n) is 6.48. The van der Waals surface area contributed by atoms with E-state index in [-0.39, 0.29) is 11.6 Å². The van der Waals surface area contributed by atoms with Crippen molar-refractivity contribution in [3.05, 3.63) is 47.9 Å². The standard InChI is InChI=1S/C19H22N4O3/c1-13-5-4-8-23(11-13)17-10-16(20-12-21-17)18(24)22-15-7-3-6-14(9-15)19(25)26-2/h3,6-7,9-10,12-13H,4-5,8,11H2,1-2H3,(H,22,24). The molecular formula is C19H22N4O3. The fourth-order valence-electron chi connectivity index (χ4n) is 3.08. The maximum absolute atomic E-state index is 12.5. The van der Waals surface area contributed by atoms with Gasteiger partial charge in [-0.2, -0.15) is 0 Å². The van der Waals surface area contributed by atoms with Crippen LogP contribution in [0.15, 0.2) is 36.7 Å². The van der Waals surface area contributed by atoms with Crippen LogP contribution in [0.25, 0.3) is 0 Å². The van der Waals surface area contributed by atoms with Crippen LogP contribution in [0.4, 0.5) is 11.5 Å². The number of nitrogens with zero attached hydrogens (tertiary/aromatic N) is 3. The van der Waals surface area contributed by atoms with Gasteiger partial charge in [-0.15, -0.1) is 0 Å². The number of anilines is 2. The summed E-state index contributed by atoms with van der Waals surface area (Å²) in [6.45, 7) is 4.08. The molecule has 1 aliphatic rings. The number of hydrogen-bond acceptors (Lipinski definition) is 6. The number of carbonyl (C=O) groups is 2. The molecule has 2 heterocycles. The monoisotopic (exact) mass is 354 g/mol. The topological polar surface area (TPSA) is 84.4 Å². The predicted octanol–water partition coefficient (Wildman–Crippen LogP) is 2.75. The molecule has 26 heavy (non-hydrogen) atoms. The Balaban J connectivity index is 1.74. The van der Waals surface area contributed by atoms with E-state index in [2.05, 4.69) is 27.1 Å². The van der Waals surface area contributed by atoms with Gasteiger partial charge in [0.25, 0.3) is 5.91 Å². The molecular weight excluding hydrogens is 332 g/mol. The van der Waals surface area contributed by atoms with E-state index in [4.69, 9.17) is 4.74 Å². The van der Waals surface area contributed by atoms with Gasteiger partial charge in [0.1, 0.15) is 17.8 Å². The van der Waals surface area contributed by atoms with Gasteiger partial charge in [0.15, 0.2) is 0 Å². The molecule has 1 unspecified atom stereocenters. The van der Waals surface area contributed by atoms with Gasteiger partial charge >= 0.3 is 5.97 Å². The Labute approximate surface area is 152 Å². The van der Waals surface area contributed by atoms with Crippen LogP contribution in [-0.4, -0.2) is 42.0 Å². The zero-order valence-electron chi connectivity index (χ0n) is 14.9. The van der Waals surface area contributed by atoms with Crippen LogP contribution in [-0.2, 0) is 4.74 Å². The quantitative estimate of drug-likeness (QED) is 0.850. The summed E-state index contributed by atoms with van der Waals surface area (Å²) in [5.41, 5.74) is 1.16. The van der Waals surface area contributed by atoms with Crippen molar-refractivity contribution in [2.75, 3.05) is 30.4 Å². The van der Waals surface area contributed by atoms with Crippen molar-refractivity contribution in [2.45, 2.75) is 19.8 Å². The highest BCUT2D eigenvalue weighted by molar-refractivity contribution is 6.03. The van der Waals surface area contributed by atoms with Crippen molar-refractivity contribution >= 4 is 23.4 Å². The highest BCUT2D eigenvalue weighted by atomic mass is 16.5. The number of nitrogens with one attached hydrogen (secondary N) is 1. The molecule has 0 aliphatic carbocycles. The first-order chi connectivity index (χ1) is 12.6. The van der Waals surface area contributed by atoms with E-state index in [1.54, 1.807) is 30.3 Å². The first-order valence-corrected chi connectivity index (χ1v) is 8.63. The number of piperidine rings is 1. The number of esters is 1. The lowest BCUT2D eigenvalue weighted by Gasteiger charge is -2.31. The first kappa shape index (κ1) is 17.8. The summed E-state index contributed by atoms with van der Waals surface area (Å²) in [5, 5.41) is 2.76. The van der Waals surface area contributed by atoms with E-state index in [0.29, 0.717) is 17.2 Å². The Hall–Kier alpha value is -2.96. The van der Waals surface area contributed by atoms with Crippen LogP contribution in [0.1, 0.15) is 40.6 Å². The van der Waals surface area contributed by atoms with Gasteiger partial charge in [-0.05, 0) is 37.0 Å². The fraction of sp³-hybridized carbons (Fsp3) is 0.368. The van der Waals surface area contributed by atoms with Crippen LogP contribution in [0, 0.1) is 5.92 Å². The van der Waals surface area contributed by atoms with Crippen LogP contribution >= 0.6 is 0 Å². The number of benzene rings is 1. The molecule has 1 aromatic carbocycles. The second kappa shape index (κ2) is 7.95. The highest BCUT2D eigenvalue weighted by Gasteiger charge is 2.19. The minimum Gasteiger partial charge on any atom is -0.465 e. The Bertz CT molecular complexity index is 809. The molecule has 1 saturated heterocycles. The average molecular weight is 354 g/mol. The Morgan fingerprint density at radius 1 is 1.27 bits per heavy atom. The number of amides is 1. The van der Waals surface area contributed by atoms with Crippen LogP contribution in [0.3, 0.4) is 0 Å². The lowest BCUT2D eigenvalue weighted by Crippen LogP contribution is -2.35. The molecule has 1 aromatic heterocycles. The van der Waals surface area contributed by atoms with Crippen LogP contribution in [0.5, 0.6) is 0 Å². The van der Waals surface area contributed by atoms with E-state index < -0.39 is 5.97 Å². The summed E-state index contributed by atoms with van der Waals surface area (Å²) in [7, 11) is 1.32. The predicted molar refractivity (Wildman–Crippen MR) is 98.4 cm³/mol. The zero-order valence-corrected chi connectivity index (χ0v) is 14.9. The smallest absolute Gasteiger partial charge is 0.337 e. The summed E-state index contributed by atoms with van der Waals surface area (Å²) in [4.78, 5) is 34.7. The summed E-state index contributed by atoms with van der Waals surface area (Å²) in [6.07, 6.45) is 3.74. The number of aromatic nitrogens is 2. The highest BCUT2D eigenvalue weighted by Crippen LogP contribution is 2.21. The maximum Gasteiger partial charge on any atom is 0.337 e. The van der Waals surface area contributed by atoms with Gasteiger partial charge in [0, 0.05) is 24.8 Å². The molecule has 1 N–H and O–H groups in total. The molecule has 0 saturated carbocycles. The zero-order chi connectivity index (χ0) is 18.5. The number of methoxy groups -OCH3 is 1. The van der Waals surface area contributed by atoms with E-state index >= 15 is 0 Å². The molecule has 0 bridgehead atoms. The maximum atomic E-state index is 12.5. The minimum atomic E-state index is -0.454. The van der Waals surface area contributed by atoms with E-state index in [1.807, 2.05) is 0 Å². The SMILES string of the molecule is COC(=O)c1cccc(NC(=O)c2cc(N3CCCC(C)C3)ncn2)c1. The Morgan fingerprint density at radius 2 is 2.12 bits per heavy atom. The summed E-state index contributed by atoms with van der Waals surface area (Å²) in [5.74, 6) is 0.572. The minimum absolute atomic E-state index is 0.289. The Kier molecular flexibility index (Phi) is 5.46. The first-order valence-electron chi connectivity index (χ1n) is 8.63.